The number of benzene rings is 1. The summed E-state index contributed by atoms with van der Waals surface area (Å²) in [5.74, 6) is -1.61. The van der Waals surface area contributed by atoms with Crippen LogP contribution in [0.5, 0.6) is 0 Å². The number of carboxylic acid groups (broad SMARTS) is 1. The molecule has 112 valence electrons. The molecule has 3 amide bonds. The first-order valence-electron chi connectivity index (χ1n) is 6.27. The minimum atomic E-state index is -1.03. The van der Waals surface area contributed by atoms with E-state index in [1.54, 1.807) is 31.2 Å². The summed E-state index contributed by atoms with van der Waals surface area (Å²) in [6.07, 6.45) is 2.47. The SMILES string of the molecule is CCN(CC(N)=O)C(=O)Nc1ccc(/C=C/C(=O)O)cc1. The molecule has 0 fully saturated rings. The minimum absolute atomic E-state index is 0.151. The highest BCUT2D eigenvalue weighted by molar-refractivity contribution is 5.92. The summed E-state index contributed by atoms with van der Waals surface area (Å²) in [5.41, 5.74) is 6.29. The molecule has 1 aromatic rings. The van der Waals surface area contributed by atoms with Gasteiger partial charge in [-0.05, 0) is 30.7 Å². The summed E-state index contributed by atoms with van der Waals surface area (Å²) in [4.78, 5) is 34.4. The molecule has 0 atom stereocenters. The molecule has 0 spiro atoms. The highest BCUT2D eigenvalue weighted by Crippen LogP contribution is 2.11. The number of nitrogens with zero attached hydrogens (tertiary/aromatic N) is 1. The average Bonchev–Trinajstić information content (AvgIpc) is 2.43. The van der Waals surface area contributed by atoms with Gasteiger partial charge in [0.25, 0.3) is 0 Å². The van der Waals surface area contributed by atoms with Gasteiger partial charge in [-0.2, -0.15) is 0 Å². The monoisotopic (exact) mass is 291 g/mol. The Kier molecular flexibility index (Phi) is 5.94. The van der Waals surface area contributed by atoms with E-state index in [0.717, 1.165) is 6.08 Å². The highest BCUT2D eigenvalue weighted by atomic mass is 16.4. The van der Waals surface area contributed by atoms with Gasteiger partial charge in [0.05, 0.1) is 0 Å². The maximum atomic E-state index is 11.9. The molecule has 7 heteroatoms. The number of likely N-dealkylation sites (N-methyl/N-ethyl adjacent to an activating group) is 1. The van der Waals surface area contributed by atoms with E-state index in [4.69, 9.17) is 10.8 Å². The number of aliphatic carboxylic acids is 1. The van der Waals surface area contributed by atoms with Crippen molar-refractivity contribution < 1.29 is 19.5 Å². The van der Waals surface area contributed by atoms with Crippen molar-refractivity contribution in [3.8, 4) is 0 Å². The maximum absolute atomic E-state index is 11.9. The first kappa shape index (κ1) is 16.2. The van der Waals surface area contributed by atoms with Crippen LogP contribution in [-0.2, 0) is 9.59 Å². The quantitative estimate of drug-likeness (QED) is 0.682. The van der Waals surface area contributed by atoms with Gasteiger partial charge in [-0.15, -0.1) is 0 Å². The molecule has 0 aliphatic rings. The summed E-state index contributed by atoms with van der Waals surface area (Å²) in [5, 5.41) is 11.2. The zero-order valence-corrected chi connectivity index (χ0v) is 11.6. The zero-order chi connectivity index (χ0) is 15.8. The van der Waals surface area contributed by atoms with Gasteiger partial charge in [0.15, 0.2) is 0 Å². The number of anilines is 1. The minimum Gasteiger partial charge on any atom is -0.478 e. The predicted molar refractivity (Wildman–Crippen MR) is 78.6 cm³/mol. The Morgan fingerprint density at radius 1 is 1.29 bits per heavy atom. The molecule has 0 aromatic heterocycles. The van der Waals surface area contributed by atoms with Crippen LogP contribution in [0.4, 0.5) is 10.5 Å². The van der Waals surface area contributed by atoms with Crippen molar-refractivity contribution in [2.45, 2.75) is 6.92 Å². The van der Waals surface area contributed by atoms with E-state index in [-0.39, 0.29) is 6.54 Å². The van der Waals surface area contributed by atoms with Gasteiger partial charge in [0.2, 0.25) is 5.91 Å². The fourth-order valence-corrected chi connectivity index (χ4v) is 1.56. The second kappa shape index (κ2) is 7.68. The number of nitrogens with one attached hydrogen (secondary N) is 1. The standard InChI is InChI=1S/C14H17N3O4/c1-2-17(9-12(15)18)14(21)16-11-6-3-10(4-7-11)5-8-13(19)20/h3-8H,2,9H2,1H3,(H2,15,18)(H,16,21)(H,19,20)/b8-5+. The normalized spacial score (nSPS) is 10.3. The molecule has 0 saturated heterocycles. The van der Waals surface area contributed by atoms with Gasteiger partial charge in [0, 0.05) is 18.3 Å². The Morgan fingerprint density at radius 3 is 2.38 bits per heavy atom. The smallest absolute Gasteiger partial charge is 0.328 e. The second-order valence-electron chi connectivity index (χ2n) is 4.20. The third kappa shape index (κ3) is 5.77. The summed E-state index contributed by atoms with van der Waals surface area (Å²) in [7, 11) is 0. The molecule has 7 nitrogen and oxygen atoms in total. The largest absolute Gasteiger partial charge is 0.478 e. The van der Waals surface area contributed by atoms with Crippen LogP contribution in [-0.4, -0.2) is 41.0 Å². The Hall–Kier alpha value is -2.83. The molecule has 1 aromatic carbocycles. The molecule has 0 aliphatic heterocycles. The molecule has 0 heterocycles. The van der Waals surface area contributed by atoms with Crippen LogP contribution in [0.3, 0.4) is 0 Å². The van der Waals surface area contributed by atoms with E-state index in [0.29, 0.717) is 17.8 Å². The number of rotatable bonds is 6. The molecular weight excluding hydrogens is 274 g/mol. The maximum Gasteiger partial charge on any atom is 0.328 e. The topological polar surface area (TPSA) is 113 Å². The lowest BCUT2D eigenvalue weighted by Crippen LogP contribution is -2.40. The van der Waals surface area contributed by atoms with Gasteiger partial charge >= 0.3 is 12.0 Å². The van der Waals surface area contributed by atoms with Crippen molar-refractivity contribution in [1.82, 2.24) is 4.90 Å². The molecule has 0 bridgehead atoms. The summed E-state index contributed by atoms with van der Waals surface area (Å²) in [6.45, 7) is 1.94. The fraction of sp³-hybridized carbons (Fsp3) is 0.214. The third-order valence-corrected chi connectivity index (χ3v) is 2.60. The van der Waals surface area contributed by atoms with Crippen molar-refractivity contribution >= 4 is 29.7 Å². The van der Waals surface area contributed by atoms with Crippen molar-refractivity contribution in [3.05, 3.63) is 35.9 Å². The van der Waals surface area contributed by atoms with E-state index in [1.165, 1.54) is 11.0 Å². The highest BCUT2D eigenvalue weighted by Gasteiger charge is 2.13. The number of amides is 3. The predicted octanol–water partition coefficient (Wildman–Crippen LogP) is 1.12. The summed E-state index contributed by atoms with van der Waals surface area (Å²) >= 11 is 0. The molecule has 1 rings (SSSR count). The molecule has 4 N–H and O–H groups in total. The second-order valence-corrected chi connectivity index (χ2v) is 4.20. The number of carboxylic acids is 1. The van der Waals surface area contributed by atoms with Crippen LogP contribution in [0.15, 0.2) is 30.3 Å². The Balaban J connectivity index is 2.68. The Bertz CT molecular complexity index is 552. The summed E-state index contributed by atoms with van der Waals surface area (Å²) < 4.78 is 0. The van der Waals surface area contributed by atoms with Gasteiger partial charge in [-0.1, -0.05) is 12.1 Å². The Morgan fingerprint density at radius 2 is 1.90 bits per heavy atom. The molecule has 0 aliphatic carbocycles. The van der Waals surface area contributed by atoms with Crippen LogP contribution >= 0.6 is 0 Å². The van der Waals surface area contributed by atoms with Crippen molar-refractivity contribution in [2.24, 2.45) is 5.73 Å². The van der Waals surface area contributed by atoms with E-state index in [2.05, 4.69) is 5.32 Å². The number of nitrogens with two attached hydrogens (primary N) is 1. The van der Waals surface area contributed by atoms with E-state index >= 15 is 0 Å². The lowest BCUT2D eigenvalue weighted by molar-refractivity contribution is -0.131. The zero-order valence-electron chi connectivity index (χ0n) is 11.6. The molecule has 0 radical (unpaired) electrons. The van der Waals surface area contributed by atoms with Crippen molar-refractivity contribution in [3.63, 3.8) is 0 Å². The van der Waals surface area contributed by atoms with Crippen molar-refractivity contribution in [2.75, 3.05) is 18.4 Å². The van der Waals surface area contributed by atoms with Gasteiger partial charge in [0.1, 0.15) is 6.54 Å². The lowest BCUT2D eigenvalue weighted by Gasteiger charge is -2.19. The number of carbonyl (C=O) groups is 3. The van der Waals surface area contributed by atoms with Crippen LogP contribution in [0.25, 0.3) is 6.08 Å². The number of hydrogen-bond acceptors (Lipinski definition) is 3. The summed E-state index contributed by atoms with van der Waals surface area (Å²) in [6, 6.07) is 6.18. The number of hydrogen-bond donors (Lipinski definition) is 3. The first-order valence-corrected chi connectivity index (χ1v) is 6.27. The average molecular weight is 291 g/mol. The molecular formula is C14H17N3O4. The Labute approximate surface area is 122 Å². The molecule has 0 saturated carbocycles. The van der Waals surface area contributed by atoms with Crippen LogP contribution in [0.1, 0.15) is 12.5 Å². The third-order valence-electron chi connectivity index (χ3n) is 2.60. The van der Waals surface area contributed by atoms with E-state index < -0.39 is 17.9 Å². The number of carbonyl (C=O) groups excluding carboxylic acids is 2. The number of primary amides is 1. The van der Waals surface area contributed by atoms with Gasteiger partial charge < -0.3 is 21.1 Å². The lowest BCUT2D eigenvalue weighted by atomic mass is 10.2. The molecule has 0 unspecified atom stereocenters. The first-order chi connectivity index (χ1) is 9.92. The number of urea groups is 1. The van der Waals surface area contributed by atoms with Crippen LogP contribution in [0.2, 0.25) is 0 Å². The van der Waals surface area contributed by atoms with E-state index in [1.807, 2.05) is 0 Å². The fourth-order valence-electron chi connectivity index (χ4n) is 1.56. The van der Waals surface area contributed by atoms with Gasteiger partial charge in [-0.3, -0.25) is 4.79 Å². The molecule has 21 heavy (non-hydrogen) atoms. The van der Waals surface area contributed by atoms with Gasteiger partial charge in [-0.25, -0.2) is 9.59 Å². The van der Waals surface area contributed by atoms with Crippen molar-refractivity contribution in [1.29, 1.82) is 0 Å². The van der Waals surface area contributed by atoms with Crippen LogP contribution in [0, 0.1) is 0 Å². The van der Waals surface area contributed by atoms with E-state index in [9.17, 15) is 14.4 Å². The van der Waals surface area contributed by atoms with Crippen LogP contribution < -0.4 is 11.1 Å².